The zero-order valence-corrected chi connectivity index (χ0v) is 14.8. The second-order valence-corrected chi connectivity index (χ2v) is 6.18. The summed E-state index contributed by atoms with van der Waals surface area (Å²) >= 11 is 0. The van der Waals surface area contributed by atoms with Crippen LogP contribution in [0.2, 0.25) is 0 Å². The van der Waals surface area contributed by atoms with Crippen molar-refractivity contribution in [1.82, 2.24) is 4.90 Å². The second-order valence-electron chi connectivity index (χ2n) is 6.18. The minimum atomic E-state index is -1.24. The Hall–Kier alpha value is -3.42. The molecule has 1 unspecified atom stereocenters. The zero-order valence-electron chi connectivity index (χ0n) is 14.8. The number of benzene rings is 2. The van der Waals surface area contributed by atoms with Gasteiger partial charge in [0.1, 0.15) is 0 Å². The Morgan fingerprint density at radius 2 is 1.61 bits per heavy atom. The molecule has 2 aromatic carbocycles. The number of carbonyl (C=O) groups excluding carboxylic acids is 4. The minimum Gasteiger partial charge on any atom is -0.454 e. The first-order valence-corrected chi connectivity index (χ1v) is 8.43. The van der Waals surface area contributed by atoms with Gasteiger partial charge in [-0.3, -0.25) is 24.1 Å². The first kappa shape index (κ1) is 19.3. The lowest BCUT2D eigenvalue weighted by Crippen LogP contribution is -2.33. The molecule has 28 heavy (non-hydrogen) atoms. The van der Waals surface area contributed by atoms with Crippen LogP contribution in [0.3, 0.4) is 0 Å². The summed E-state index contributed by atoms with van der Waals surface area (Å²) in [7, 11) is 0. The maximum atomic E-state index is 13.2. The number of carbonyl (C=O) groups is 4. The smallest absolute Gasteiger partial charge is 0.308 e. The topological polar surface area (TPSA) is 80.8 Å². The van der Waals surface area contributed by atoms with Gasteiger partial charge in [-0.25, -0.2) is 8.78 Å². The molecular weight excluding hydrogens is 372 g/mol. The molecule has 1 atom stereocenters. The molecule has 1 aliphatic rings. The summed E-state index contributed by atoms with van der Waals surface area (Å²) in [6, 6.07) is 8.93. The Bertz CT molecular complexity index is 953. The molecule has 0 aliphatic carbocycles. The molecular formula is C20H15F2NO5. The molecule has 2 amide bonds. The van der Waals surface area contributed by atoms with Crippen LogP contribution in [0.15, 0.2) is 42.5 Å². The number of Topliss-reactive ketones (excluding diaryl/α,β-unsaturated/α-hetero) is 1. The first-order valence-electron chi connectivity index (χ1n) is 8.43. The van der Waals surface area contributed by atoms with Gasteiger partial charge in [-0.2, -0.15) is 0 Å². The number of esters is 1. The van der Waals surface area contributed by atoms with Gasteiger partial charge in [0.25, 0.3) is 11.8 Å². The third kappa shape index (κ3) is 3.66. The molecule has 0 aromatic heterocycles. The Morgan fingerprint density at radius 3 is 2.18 bits per heavy atom. The van der Waals surface area contributed by atoms with E-state index >= 15 is 0 Å². The van der Waals surface area contributed by atoms with Crippen LogP contribution < -0.4 is 0 Å². The molecule has 0 spiro atoms. The molecule has 6 nitrogen and oxygen atoms in total. The standard InChI is InChI=1S/C20H15F2NO5/c1-11(18(25)12-6-7-15(21)16(22)10-12)28-17(24)8-9-23-19(26)13-4-2-3-5-14(13)20(23)27/h2-7,10-11H,8-9H2,1H3. The first-order chi connectivity index (χ1) is 13.3. The van der Waals surface area contributed by atoms with Crippen LogP contribution in [0.5, 0.6) is 0 Å². The van der Waals surface area contributed by atoms with Gasteiger partial charge >= 0.3 is 5.97 Å². The van der Waals surface area contributed by atoms with E-state index in [0.29, 0.717) is 0 Å². The highest BCUT2D eigenvalue weighted by Crippen LogP contribution is 2.22. The number of ether oxygens (including phenoxy) is 1. The number of rotatable bonds is 6. The summed E-state index contributed by atoms with van der Waals surface area (Å²) in [6.45, 7) is 1.10. The fourth-order valence-corrected chi connectivity index (χ4v) is 2.84. The molecule has 0 bridgehead atoms. The molecule has 3 rings (SSSR count). The Morgan fingerprint density at radius 1 is 1.00 bits per heavy atom. The van der Waals surface area contributed by atoms with Crippen molar-refractivity contribution in [2.45, 2.75) is 19.4 Å². The van der Waals surface area contributed by atoms with Crippen LogP contribution in [0.25, 0.3) is 0 Å². The Labute approximate surface area is 158 Å². The van der Waals surface area contributed by atoms with Crippen LogP contribution in [0.4, 0.5) is 8.78 Å². The van der Waals surface area contributed by atoms with Gasteiger partial charge in [0, 0.05) is 12.1 Å². The number of hydrogen-bond acceptors (Lipinski definition) is 5. The van der Waals surface area contributed by atoms with Gasteiger partial charge in [0.2, 0.25) is 5.78 Å². The van der Waals surface area contributed by atoms with Gasteiger partial charge in [0.05, 0.1) is 17.5 Å². The maximum absolute atomic E-state index is 13.2. The highest BCUT2D eigenvalue weighted by Gasteiger charge is 2.35. The number of halogens is 2. The van der Waals surface area contributed by atoms with Crippen molar-refractivity contribution in [3.8, 4) is 0 Å². The van der Waals surface area contributed by atoms with Crippen LogP contribution >= 0.6 is 0 Å². The van der Waals surface area contributed by atoms with E-state index < -0.39 is 41.3 Å². The van der Waals surface area contributed by atoms with Crippen molar-refractivity contribution in [2.75, 3.05) is 6.54 Å². The van der Waals surface area contributed by atoms with E-state index in [1.807, 2.05) is 0 Å². The highest BCUT2D eigenvalue weighted by molar-refractivity contribution is 6.21. The fourth-order valence-electron chi connectivity index (χ4n) is 2.84. The lowest BCUT2D eigenvalue weighted by molar-refractivity contribution is -0.146. The molecule has 0 saturated heterocycles. The molecule has 1 aliphatic heterocycles. The van der Waals surface area contributed by atoms with Gasteiger partial charge in [-0.1, -0.05) is 12.1 Å². The summed E-state index contributed by atoms with van der Waals surface area (Å²) in [4.78, 5) is 49.6. The highest BCUT2D eigenvalue weighted by atomic mass is 19.2. The van der Waals surface area contributed by atoms with Crippen molar-refractivity contribution in [3.05, 3.63) is 70.8 Å². The van der Waals surface area contributed by atoms with Gasteiger partial charge in [0.15, 0.2) is 17.7 Å². The summed E-state index contributed by atoms with van der Waals surface area (Å²) in [5.41, 5.74) is 0.394. The van der Waals surface area contributed by atoms with Gasteiger partial charge < -0.3 is 4.74 Å². The number of nitrogens with zero attached hydrogens (tertiary/aromatic N) is 1. The number of amides is 2. The second kappa shape index (κ2) is 7.67. The quantitative estimate of drug-likeness (QED) is 0.433. The molecule has 144 valence electrons. The molecule has 0 radical (unpaired) electrons. The van der Waals surface area contributed by atoms with E-state index in [1.54, 1.807) is 12.1 Å². The molecule has 0 N–H and O–H groups in total. The third-order valence-corrected chi connectivity index (χ3v) is 4.30. The van der Waals surface area contributed by atoms with Crippen molar-refractivity contribution >= 4 is 23.6 Å². The maximum Gasteiger partial charge on any atom is 0.308 e. The van der Waals surface area contributed by atoms with Gasteiger partial charge in [-0.05, 0) is 37.3 Å². The SMILES string of the molecule is CC(OC(=O)CCN1C(=O)c2ccccc2C1=O)C(=O)c1ccc(F)c(F)c1. The number of ketones is 1. The summed E-state index contributed by atoms with van der Waals surface area (Å²) in [5.74, 6) is -4.79. The predicted octanol–water partition coefficient (Wildman–Crippen LogP) is 2.77. The Balaban J connectivity index is 1.57. The summed E-state index contributed by atoms with van der Waals surface area (Å²) in [5, 5.41) is 0. The van der Waals surface area contributed by atoms with Crippen LogP contribution in [0, 0.1) is 11.6 Å². The molecule has 0 fully saturated rings. The average molecular weight is 387 g/mol. The predicted molar refractivity (Wildman–Crippen MR) is 92.7 cm³/mol. The summed E-state index contributed by atoms with van der Waals surface area (Å²) in [6.07, 6.45) is -1.54. The van der Waals surface area contributed by atoms with E-state index in [4.69, 9.17) is 4.74 Å². The Kier molecular flexibility index (Phi) is 5.30. The molecule has 1 heterocycles. The van der Waals surface area contributed by atoms with Crippen molar-refractivity contribution < 1.29 is 32.7 Å². The third-order valence-electron chi connectivity index (χ3n) is 4.30. The zero-order chi connectivity index (χ0) is 20.4. The number of imide groups is 1. The lowest BCUT2D eigenvalue weighted by Gasteiger charge is -2.15. The van der Waals surface area contributed by atoms with Crippen LogP contribution in [-0.4, -0.2) is 41.1 Å². The van der Waals surface area contributed by atoms with E-state index in [2.05, 4.69) is 0 Å². The largest absolute Gasteiger partial charge is 0.454 e. The summed E-state index contributed by atoms with van der Waals surface area (Å²) < 4.78 is 31.2. The van der Waals surface area contributed by atoms with Gasteiger partial charge in [-0.15, -0.1) is 0 Å². The molecule has 0 saturated carbocycles. The van der Waals surface area contributed by atoms with Crippen LogP contribution in [-0.2, 0) is 9.53 Å². The normalized spacial score (nSPS) is 14.0. The van der Waals surface area contributed by atoms with E-state index in [-0.39, 0.29) is 29.7 Å². The minimum absolute atomic E-state index is 0.139. The van der Waals surface area contributed by atoms with E-state index in [1.165, 1.54) is 19.1 Å². The number of hydrogen-bond donors (Lipinski definition) is 0. The fraction of sp³-hybridized carbons (Fsp3) is 0.200. The number of fused-ring (bicyclic) bond motifs is 1. The van der Waals surface area contributed by atoms with E-state index in [9.17, 15) is 28.0 Å². The molecule has 8 heteroatoms. The van der Waals surface area contributed by atoms with Crippen molar-refractivity contribution in [2.24, 2.45) is 0 Å². The average Bonchev–Trinajstić information content (AvgIpc) is 2.92. The van der Waals surface area contributed by atoms with Crippen LogP contribution in [0.1, 0.15) is 44.4 Å². The monoisotopic (exact) mass is 387 g/mol. The van der Waals surface area contributed by atoms with Crippen molar-refractivity contribution in [3.63, 3.8) is 0 Å². The molecule has 2 aromatic rings. The van der Waals surface area contributed by atoms with Crippen molar-refractivity contribution in [1.29, 1.82) is 0 Å². The van der Waals surface area contributed by atoms with E-state index in [0.717, 1.165) is 23.1 Å². The lowest BCUT2D eigenvalue weighted by atomic mass is 10.1.